The molecule has 4 nitrogen and oxygen atoms in total. The molecule has 0 aliphatic heterocycles. The van der Waals surface area contributed by atoms with E-state index in [-0.39, 0.29) is 0 Å². The maximum Gasteiger partial charge on any atom is 0.214 e. The van der Waals surface area contributed by atoms with Crippen LogP contribution in [0.4, 0.5) is 0 Å². The lowest BCUT2D eigenvalue weighted by Gasteiger charge is -2.08. The maximum atomic E-state index is 6.35. The first-order valence-corrected chi connectivity index (χ1v) is 11.0. The standard InChI is InChI=1S/C23H21Cl2N3OS/c1-26-13-17-14-28(30-19-5-3-4-18(24)12-19)21-11-15(6-8-20(17)21)10-16-7-9-22(29-2)27-23(16)25/h3-9,11-12,14,26H,10,13H2,1-2H3. The van der Waals surface area contributed by atoms with Crippen molar-refractivity contribution in [2.75, 3.05) is 14.2 Å². The van der Waals surface area contributed by atoms with Crippen LogP contribution in [-0.4, -0.2) is 23.1 Å². The Kier molecular flexibility index (Phi) is 6.54. The van der Waals surface area contributed by atoms with E-state index in [2.05, 4.69) is 44.7 Å². The van der Waals surface area contributed by atoms with Gasteiger partial charge in [-0.1, -0.05) is 47.5 Å². The Bertz CT molecular complexity index is 1190. The molecule has 7 heteroatoms. The normalized spacial score (nSPS) is 11.2. The molecule has 30 heavy (non-hydrogen) atoms. The second kappa shape index (κ2) is 9.31. The van der Waals surface area contributed by atoms with E-state index in [1.807, 2.05) is 37.4 Å². The fraction of sp³-hybridized carbons (Fsp3) is 0.174. The molecule has 4 aromatic rings. The first-order valence-electron chi connectivity index (χ1n) is 9.48. The number of hydrogen-bond acceptors (Lipinski definition) is 4. The summed E-state index contributed by atoms with van der Waals surface area (Å²) in [5.74, 6) is 0.516. The summed E-state index contributed by atoms with van der Waals surface area (Å²) in [6.45, 7) is 0.799. The van der Waals surface area contributed by atoms with Gasteiger partial charge in [0, 0.05) is 40.5 Å². The minimum atomic E-state index is 0.467. The molecule has 0 bridgehead atoms. The average molecular weight is 458 g/mol. The minimum Gasteiger partial charge on any atom is -0.481 e. The summed E-state index contributed by atoms with van der Waals surface area (Å²) in [7, 11) is 3.54. The van der Waals surface area contributed by atoms with E-state index in [1.165, 1.54) is 16.5 Å². The maximum absolute atomic E-state index is 6.35. The van der Waals surface area contributed by atoms with Crippen LogP contribution in [0.2, 0.25) is 10.2 Å². The SMILES string of the molecule is CNCc1cn(Sc2cccc(Cl)c2)c2cc(Cc3ccc(OC)nc3Cl)ccc12. The second-order valence-electron chi connectivity index (χ2n) is 6.89. The fourth-order valence-electron chi connectivity index (χ4n) is 3.38. The zero-order chi connectivity index (χ0) is 21.1. The van der Waals surface area contributed by atoms with Crippen molar-refractivity contribution in [3.8, 4) is 5.88 Å². The summed E-state index contributed by atoms with van der Waals surface area (Å²) < 4.78 is 7.35. The highest BCUT2D eigenvalue weighted by Crippen LogP contribution is 2.32. The number of methoxy groups -OCH3 is 1. The third-order valence-electron chi connectivity index (χ3n) is 4.79. The predicted octanol–water partition coefficient (Wildman–Crippen LogP) is 6.22. The molecule has 0 spiro atoms. The van der Waals surface area contributed by atoms with Crippen molar-refractivity contribution in [3.63, 3.8) is 0 Å². The molecule has 0 saturated carbocycles. The van der Waals surface area contributed by atoms with Gasteiger partial charge >= 0.3 is 0 Å². The highest BCUT2D eigenvalue weighted by atomic mass is 35.5. The summed E-state index contributed by atoms with van der Waals surface area (Å²) in [5.41, 5.74) is 4.53. The average Bonchev–Trinajstić information content (AvgIpc) is 3.06. The molecule has 154 valence electrons. The quantitative estimate of drug-likeness (QED) is 0.334. The molecule has 0 radical (unpaired) electrons. The lowest BCUT2D eigenvalue weighted by Crippen LogP contribution is -2.04. The van der Waals surface area contributed by atoms with E-state index in [4.69, 9.17) is 27.9 Å². The lowest BCUT2D eigenvalue weighted by atomic mass is 10.0. The molecule has 2 heterocycles. The smallest absolute Gasteiger partial charge is 0.214 e. The molecular formula is C23H21Cl2N3OS. The Balaban J connectivity index is 1.71. The molecule has 0 fully saturated rings. The number of halogens is 2. The van der Waals surface area contributed by atoms with Crippen LogP contribution in [0.15, 0.2) is 65.7 Å². The van der Waals surface area contributed by atoms with Gasteiger partial charge in [-0.15, -0.1) is 0 Å². The van der Waals surface area contributed by atoms with Gasteiger partial charge in [0.1, 0.15) is 5.15 Å². The number of hydrogen-bond donors (Lipinski definition) is 1. The van der Waals surface area contributed by atoms with E-state index in [9.17, 15) is 0 Å². The summed E-state index contributed by atoms with van der Waals surface area (Å²) in [6, 6.07) is 18.2. The van der Waals surface area contributed by atoms with Crippen LogP contribution < -0.4 is 10.1 Å². The van der Waals surface area contributed by atoms with E-state index in [0.29, 0.717) is 17.5 Å². The first kappa shape index (κ1) is 21.1. The summed E-state index contributed by atoms with van der Waals surface area (Å²) >= 11 is 14.2. The zero-order valence-electron chi connectivity index (χ0n) is 16.7. The monoisotopic (exact) mass is 457 g/mol. The molecule has 1 N–H and O–H groups in total. The van der Waals surface area contributed by atoms with Crippen molar-refractivity contribution in [1.82, 2.24) is 14.3 Å². The van der Waals surface area contributed by atoms with E-state index in [0.717, 1.165) is 27.5 Å². The molecule has 0 saturated heterocycles. The largest absolute Gasteiger partial charge is 0.481 e. The highest BCUT2D eigenvalue weighted by Gasteiger charge is 2.12. The zero-order valence-corrected chi connectivity index (χ0v) is 19.0. The summed E-state index contributed by atoms with van der Waals surface area (Å²) in [6.07, 6.45) is 2.87. The number of rotatable bonds is 7. The number of benzene rings is 2. The summed E-state index contributed by atoms with van der Waals surface area (Å²) in [5, 5.41) is 5.68. The number of pyridine rings is 1. The van der Waals surface area contributed by atoms with Crippen LogP contribution in [0.5, 0.6) is 5.88 Å². The summed E-state index contributed by atoms with van der Waals surface area (Å²) in [4.78, 5) is 5.36. The minimum absolute atomic E-state index is 0.467. The number of aromatic nitrogens is 2. The van der Waals surface area contributed by atoms with Crippen LogP contribution in [0.3, 0.4) is 0 Å². The Labute approximate surface area is 190 Å². The Morgan fingerprint density at radius 3 is 2.67 bits per heavy atom. The molecule has 0 atom stereocenters. The second-order valence-corrected chi connectivity index (χ2v) is 8.73. The fourth-order valence-corrected chi connectivity index (χ4v) is 4.82. The van der Waals surface area contributed by atoms with Crippen LogP contribution in [0.1, 0.15) is 16.7 Å². The Hall–Kier alpha value is -2.18. The van der Waals surface area contributed by atoms with Gasteiger partial charge in [-0.3, -0.25) is 3.97 Å². The molecule has 2 aromatic carbocycles. The third-order valence-corrected chi connectivity index (χ3v) is 6.32. The topological polar surface area (TPSA) is 39.1 Å². The molecule has 0 aliphatic rings. The molecule has 0 aliphatic carbocycles. The highest BCUT2D eigenvalue weighted by molar-refractivity contribution is 7.98. The van der Waals surface area contributed by atoms with Crippen LogP contribution >= 0.6 is 35.1 Å². The van der Waals surface area contributed by atoms with Crippen molar-refractivity contribution in [2.45, 2.75) is 17.9 Å². The van der Waals surface area contributed by atoms with Crippen LogP contribution in [0.25, 0.3) is 10.9 Å². The van der Waals surface area contributed by atoms with Gasteiger partial charge in [-0.05, 0) is 60.0 Å². The Morgan fingerprint density at radius 1 is 1.07 bits per heavy atom. The van der Waals surface area contributed by atoms with Crippen molar-refractivity contribution in [2.24, 2.45) is 0 Å². The van der Waals surface area contributed by atoms with Gasteiger partial charge < -0.3 is 10.1 Å². The number of nitrogens with zero attached hydrogens (tertiary/aromatic N) is 2. The van der Waals surface area contributed by atoms with E-state index < -0.39 is 0 Å². The van der Waals surface area contributed by atoms with Gasteiger partial charge in [0.2, 0.25) is 5.88 Å². The van der Waals surface area contributed by atoms with Crippen molar-refractivity contribution in [3.05, 3.63) is 87.7 Å². The van der Waals surface area contributed by atoms with Gasteiger partial charge in [0.25, 0.3) is 0 Å². The van der Waals surface area contributed by atoms with Crippen LogP contribution in [-0.2, 0) is 13.0 Å². The molecule has 0 amide bonds. The third kappa shape index (κ3) is 4.60. The van der Waals surface area contributed by atoms with Crippen LogP contribution in [0, 0.1) is 0 Å². The predicted molar refractivity (Wildman–Crippen MR) is 126 cm³/mol. The van der Waals surface area contributed by atoms with Crippen molar-refractivity contribution in [1.29, 1.82) is 0 Å². The van der Waals surface area contributed by atoms with Crippen molar-refractivity contribution < 1.29 is 4.74 Å². The first-order chi connectivity index (χ1) is 14.6. The molecule has 0 unspecified atom stereocenters. The van der Waals surface area contributed by atoms with Gasteiger partial charge in [0.05, 0.1) is 12.6 Å². The van der Waals surface area contributed by atoms with Crippen molar-refractivity contribution >= 4 is 46.1 Å². The Morgan fingerprint density at radius 2 is 1.93 bits per heavy atom. The molecule has 4 rings (SSSR count). The van der Waals surface area contributed by atoms with Gasteiger partial charge in [-0.25, -0.2) is 4.98 Å². The number of ether oxygens (including phenoxy) is 1. The number of nitrogens with one attached hydrogen (secondary N) is 1. The number of fused-ring (bicyclic) bond motifs is 1. The van der Waals surface area contributed by atoms with Gasteiger partial charge in [0.15, 0.2) is 0 Å². The molecular weight excluding hydrogens is 437 g/mol. The van der Waals surface area contributed by atoms with Gasteiger partial charge in [-0.2, -0.15) is 0 Å². The van der Waals surface area contributed by atoms with E-state index in [1.54, 1.807) is 19.1 Å². The lowest BCUT2D eigenvalue weighted by molar-refractivity contribution is 0.397. The molecule has 2 aromatic heterocycles. The van der Waals surface area contributed by atoms with E-state index >= 15 is 0 Å².